The summed E-state index contributed by atoms with van der Waals surface area (Å²) in [7, 11) is -6.83. The molecule has 0 amide bonds. The van der Waals surface area contributed by atoms with Crippen molar-refractivity contribution in [2.45, 2.75) is 23.8 Å². The third kappa shape index (κ3) is 4.36. The summed E-state index contributed by atoms with van der Waals surface area (Å²) in [6, 6.07) is 45.3. The summed E-state index contributed by atoms with van der Waals surface area (Å²) in [6.45, 7) is 0. The second-order valence-corrected chi connectivity index (χ2v) is 18.2. The minimum absolute atomic E-state index is 0.122. The van der Waals surface area contributed by atoms with E-state index in [1.807, 2.05) is 121 Å². The Labute approximate surface area is 262 Å². The van der Waals surface area contributed by atoms with Crippen LogP contribution >= 0.6 is 14.3 Å². The zero-order valence-electron chi connectivity index (χ0n) is 24.5. The second kappa shape index (κ2) is 11.1. The fraction of sp³-hybridized carbons (Fsp3) is 0.184. The number of hydrogen-bond donors (Lipinski definition) is 0. The molecule has 0 saturated heterocycles. The minimum atomic E-state index is -3.43. The molecule has 0 radical (unpaired) electrons. The zero-order chi connectivity index (χ0) is 30.6. The molecule has 2 bridgehead atoms. The minimum Gasteiger partial charge on any atom is -0.391 e. The Bertz CT molecular complexity index is 1870. The van der Waals surface area contributed by atoms with Gasteiger partial charge in [-0.15, -0.1) is 0 Å². The van der Waals surface area contributed by atoms with Crippen molar-refractivity contribution < 1.29 is 18.4 Å². The molecule has 2 aliphatic carbocycles. The summed E-state index contributed by atoms with van der Waals surface area (Å²) < 4.78 is 46.6. The first kappa shape index (κ1) is 28.4. The Morgan fingerprint density at radius 1 is 0.556 bits per heavy atom. The van der Waals surface area contributed by atoms with Gasteiger partial charge in [-0.25, -0.2) is 4.39 Å². The Morgan fingerprint density at radius 3 is 1.38 bits per heavy atom. The summed E-state index contributed by atoms with van der Waals surface area (Å²) in [5.41, 5.74) is 0.655. The van der Waals surface area contributed by atoms with Crippen molar-refractivity contribution >= 4 is 41.2 Å². The van der Waals surface area contributed by atoms with Crippen LogP contribution in [0.15, 0.2) is 151 Å². The smallest absolute Gasteiger partial charge is 0.147 e. The van der Waals surface area contributed by atoms with Gasteiger partial charge in [0.15, 0.2) is 0 Å². The standard InChI is InChI=1S/C38H32FNO3P2/c39-27-23-21-26(22-24-27)35-34-32-25-33(36(34)43-40-35)38(45(42,30-17-9-3-10-18-30)31-19-11-4-12-20-31)37(32)44(41,28-13-5-1-6-14-28)29-15-7-2-8-16-29/h1-24,32-34,36-38H,25H2/t32-,33-,34+,36-,37-,38+/m0/s1. The van der Waals surface area contributed by atoms with Crippen LogP contribution < -0.4 is 21.2 Å². The van der Waals surface area contributed by atoms with Gasteiger partial charge < -0.3 is 14.0 Å². The van der Waals surface area contributed by atoms with E-state index in [9.17, 15) is 4.39 Å². The Balaban J connectivity index is 1.38. The first-order chi connectivity index (χ1) is 22.0. The van der Waals surface area contributed by atoms with Gasteiger partial charge in [-0.2, -0.15) is 0 Å². The van der Waals surface area contributed by atoms with Gasteiger partial charge >= 0.3 is 0 Å². The molecule has 7 heteroatoms. The topological polar surface area (TPSA) is 55.7 Å². The molecule has 2 fully saturated rings. The summed E-state index contributed by atoms with van der Waals surface area (Å²) in [5.74, 6) is -0.741. The van der Waals surface area contributed by atoms with Crippen molar-refractivity contribution in [1.82, 2.24) is 0 Å². The van der Waals surface area contributed by atoms with Crippen molar-refractivity contribution in [2.75, 3.05) is 0 Å². The largest absolute Gasteiger partial charge is 0.391 e. The van der Waals surface area contributed by atoms with Gasteiger partial charge in [-0.05, 0) is 30.0 Å². The molecule has 3 aliphatic rings. The number of rotatable bonds is 7. The lowest BCUT2D eigenvalue weighted by atomic mass is 9.80. The van der Waals surface area contributed by atoms with Crippen molar-refractivity contribution in [3.05, 3.63) is 157 Å². The maximum absolute atomic E-state index is 16.4. The van der Waals surface area contributed by atoms with Crippen LogP contribution in [-0.4, -0.2) is 23.1 Å². The van der Waals surface area contributed by atoms with Gasteiger partial charge in [0.05, 0.1) is 5.71 Å². The molecule has 0 spiro atoms. The third-order valence-corrected chi connectivity index (χ3v) is 17.7. The average Bonchev–Trinajstić information content (AvgIpc) is 3.82. The highest BCUT2D eigenvalue weighted by atomic mass is 31.2. The molecule has 0 N–H and O–H groups in total. The molecule has 4 nitrogen and oxygen atoms in total. The van der Waals surface area contributed by atoms with Crippen LogP contribution in [0.25, 0.3) is 0 Å². The molecule has 1 aliphatic heterocycles. The van der Waals surface area contributed by atoms with Gasteiger partial charge in [-0.3, -0.25) is 0 Å². The lowest BCUT2D eigenvalue weighted by molar-refractivity contribution is 0.0293. The molecule has 0 unspecified atom stereocenters. The fourth-order valence-corrected chi connectivity index (χ4v) is 16.9. The summed E-state index contributed by atoms with van der Waals surface area (Å²) >= 11 is 0. The van der Waals surface area contributed by atoms with Crippen LogP contribution in [0.1, 0.15) is 12.0 Å². The van der Waals surface area contributed by atoms with E-state index in [1.165, 1.54) is 12.1 Å². The lowest BCUT2D eigenvalue weighted by Crippen LogP contribution is -2.50. The Kier molecular flexibility index (Phi) is 7.01. The van der Waals surface area contributed by atoms with Crippen LogP contribution in [0.4, 0.5) is 4.39 Å². The van der Waals surface area contributed by atoms with Crippen LogP contribution in [0, 0.1) is 23.6 Å². The molecule has 0 aromatic heterocycles. The van der Waals surface area contributed by atoms with E-state index in [0.717, 1.165) is 38.9 Å². The van der Waals surface area contributed by atoms with Crippen LogP contribution in [0.2, 0.25) is 0 Å². The van der Waals surface area contributed by atoms with Crippen molar-refractivity contribution in [3.63, 3.8) is 0 Å². The molecule has 45 heavy (non-hydrogen) atoms. The van der Waals surface area contributed by atoms with E-state index in [4.69, 9.17) is 4.84 Å². The highest BCUT2D eigenvalue weighted by molar-refractivity contribution is 7.83. The first-order valence-corrected chi connectivity index (χ1v) is 19.0. The predicted octanol–water partition coefficient (Wildman–Crippen LogP) is 6.96. The summed E-state index contributed by atoms with van der Waals surface area (Å²) in [4.78, 5) is 6.26. The Hall–Kier alpha value is -4.04. The maximum Gasteiger partial charge on any atom is 0.147 e. The van der Waals surface area contributed by atoms with Crippen molar-refractivity contribution in [3.8, 4) is 0 Å². The van der Waals surface area contributed by atoms with E-state index in [0.29, 0.717) is 0 Å². The molecular weight excluding hydrogens is 599 g/mol. The van der Waals surface area contributed by atoms with E-state index in [2.05, 4.69) is 5.16 Å². The molecule has 1 heterocycles. The highest BCUT2D eigenvalue weighted by Crippen LogP contribution is 2.73. The second-order valence-electron chi connectivity index (χ2n) is 12.3. The number of oxime groups is 1. The maximum atomic E-state index is 16.4. The average molecular weight is 632 g/mol. The van der Waals surface area contributed by atoms with Crippen molar-refractivity contribution in [1.29, 1.82) is 0 Å². The quantitative estimate of drug-likeness (QED) is 0.183. The number of fused-ring (bicyclic) bond motifs is 5. The van der Waals surface area contributed by atoms with Gasteiger partial charge in [0.25, 0.3) is 0 Å². The van der Waals surface area contributed by atoms with Gasteiger partial charge in [0.1, 0.15) is 26.2 Å². The molecule has 6 atom stereocenters. The molecule has 2 saturated carbocycles. The van der Waals surface area contributed by atoms with Crippen LogP contribution in [0.5, 0.6) is 0 Å². The van der Waals surface area contributed by atoms with E-state index < -0.39 is 25.6 Å². The highest BCUT2D eigenvalue weighted by Gasteiger charge is 2.70. The zero-order valence-corrected chi connectivity index (χ0v) is 26.3. The molecule has 5 aromatic rings. The van der Waals surface area contributed by atoms with Crippen LogP contribution in [0.3, 0.4) is 0 Å². The lowest BCUT2D eigenvalue weighted by Gasteiger charge is -2.44. The number of benzene rings is 5. The fourth-order valence-electron chi connectivity index (χ4n) is 8.40. The third-order valence-electron chi connectivity index (χ3n) is 10.1. The molecule has 8 rings (SSSR count). The molecule has 224 valence electrons. The number of hydrogen-bond acceptors (Lipinski definition) is 4. The van der Waals surface area contributed by atoms with Crippen LogP contribution in [-0.2, 0) is 14.0 Å². The monoisotopic (exact) mass is 631 g/mol. The predicted molar refractivity (Wildman–Crippen MR) is 180 cm³/mol. The summed E-state index contributed by atoms with van der Waals surface area (Å²) in [5, 5.41) is 7.66. The molecule has 5 aromatic carbocycles. The SMILES string of the molecule is O=P(c1ccccc1)(c1ccccc1)[C@@H]1[C@H]2C[C@@H]([C@@H]3C(c4ccc(F)cc4)=NO[C@@H]23)[C@@H]1P(=O)(c1ccccc1)c1ccccc1. The summed E-state index contributed by atoms with van der Waals surface area (Å²) in [6.07, 6.45) is 0.412. The number of nitrogens with zero attached hydrogens (tertiary/aromatic N) is 1. The number of halogens is 1. The molecular formula is C38H32FNO3P2. The van der Waals surface area contributed by atoms with Gasteiger partial charge in [-0.1, -0.05) is 139 Å². The normalized spacial score (nSPS) is 25.4. The Morgan fingerprint density at radius 2 is 0.956 bits per heavy atom. The van der Waals surface area contributed by atoms with Crippen molar-refractivity contribution in [2.24, 2.45) is 22.9 Å². The van der Waals surface area contributed by atoms with Gasteiger partial charge in [0.2, 0.25) is 0 Å². The van der Waals surface area contributed by atoms with E-state index in [-0.39, 0.29) is 29.7 Å². The van der Waals surface area contributed by atoms with E-state index >= 15 is 9.13 Å². The first-order valence-electron chi connectivity index (χ1n) is 15.4. The van der Waals surface area contributed by atoms with E-state index in [1.54, 1.807) is 12.1 Å². The van der Waals surface area contributed by atoms with Gasteiger partial charge in [0, 0.05) is 44.4 Å².